The van der Waals surface area contributed by atoms with E-state index in [0.29, 0.717) is 23.6 Å². The fourth-order valence-corrected chi connectivity index (χ4v) is 3.05. The van der Waals surface area contributed by atoms with Gasteiger partial charge in [0.15, 0.2) is 5.60 Å². The summed E-state index contributed by atoms with van der Waals surface area (Å²) in [6.07, 6.45) is 1.44. The van der Waals surface area contributed by atoms with Gasteiger partial charge in [0.25, 0.3) is 5.91 Å². The standard InChI is InChI=1S/C21H23NO3/c1-4-14(2)15-9-11-17(12-10-15)22-20(24)21(3)13-16-7-5-6-8-18(16)19(23)25-21/h5-12,14H,4,13H2,1-3H3,(H,22,24)/t14-,21+/m1/s1. The van der Waals surface area contributed by atoms with Gasteiger partial charge in [0.2, 0.25) is 0 Å². The molecule has 3 rings (SSSR count). The molecule has 1 aliphatic rings. The van der Waals surface area contributed by atoms with Gasteiger partial charge in [-0.25, -0.2) is 4.79 Å². The summed E-state index contributed by atoms with van der Waals surface area (Å²) in [5.74, 6) is -0.281. The third-order valence-corrected chi connectivity index (χ3v) is 4.91. The Morgan fingerprint density at radius 3 is 2.56 bits per heavy atom. The number of amides is 1. The monoisotopic (exact) mass is 337 g/mol. The zero-order valence-electron chi connectivity index (χ0n) is 14.8. The number of fused-ring (bicyclic) bond motifs is 1. The first kappa shape index (κ1) is 17.2. The van der Waals surface area contributed by atoms with Crippen LogP contribution in [0.3, 0.4) is 0 Å². The minimum Gasteiger partial charge on any atom is -0.445 e. The number of ether oxygens (including phenoxy) is 1. The lowest BCUT2D eigenvalue weighted by Crippen LogP contribution is -2.48. The third kappa shape index (κ3) is 3.43. The molecule has 4 heteroatoms. The number of hydrogen-bond acceptors (Lipinski definition) is 3. The number of carbonyl (C=O) groups excluding carboxylic acids is 2. The van der Waals surface area contributed by atoms with Crippen LogP contribution in [0.1, 0.15) is 54.6 Å². The van der Waals surface area contributed by atoms with E-state index >= 15 is 0 Å². The fourth-order valence-electron chi connectivity index (χ4n) is 3.05. The molecule has 0 saturated heterocycles. The van der Waals surface area contributed by atoms with Gasteiger partial charge in [-0.2, -0.15) is 0 Å². The highest BCUT2D eigenvalue weighted by molar-refractivity contribution is 6.02. The van der Waals surface area contributed by atoms with Crippen molar-refractivity contribution < 1.29 is 14.3 Å². The average Bonchev–Trinajstić information content (AvgIpc) is 2.61. The largest absolute Gasteiger partial charge is 0.445 e. The van der Waals surface area contributed by atoms with Crippen LogP contribution in [-0.2, 0) is 16.0 Å². The number of benzene rings is 2. The van der Waals surface area contributed by atoms with Crippen LogP contribution in [0.5, 0.6) is 0 Å². The summed E-state index contributed by atoms with van der Waals surface area (Å²) in [6, 6.07) is 15.1. The first-order valence-corrected chi connectivity index (χ1v) is 8.65. The first-order valence-electron chi connectivity index (χ1n) is 8.65. The maximum absolute atomic E-state index is 12.7. The molecule has 0 unspecified atom stereocenters. The van der Waals surface area contributed by atoms with E-state index in [4.69, 9.17) is 4.74 Å². The molecule has 0 radical (unpaired) electrons. The van der Waals surface area contributed by atoms with Gasteiger partial charge < -0.3 is 10.1 Å². The number of cyclic esters (lactones) is 1. The highest BCUT2D eigenvalue weighted by atomic mass is 16.6. The quantitative estimate of drug-likeness (QED) is 0.846. The molecule has 0 fully saturated rings. The van der Waals surface area contributed by atoms with Crippen molar-refractivity contribution in [3.8, 4) is 0 Å². The topological polar surface area (TPSA) is 55.4 Å². The Morgan fingerprint density at radius 2 is 1.88 bits per heavy atom. The van der Waals surface area contributed by atoms with Crippen LogP contribution in [0.4, 0.5) is 5.69 Å². The summed E-state index contributed by atoms with van der Waals surface area (Å²) >= 11 is 0. The van der Waals surface area contributed by atoms with Crippen LogP contribution in [0, 0.1) is 0 Å². The van der Waals surface area contributed by atoms with Crippen molar-refractivity contribution in [1.82, 2.24) is 0 Å². The Morgan fingerprint density at radius 1 is 1.20 bits per heavy atom. The van der Waals surface area contributed by atoms with Gasteiger partial charge in [0.05, 0.1) is 5.56 Å². The summed E-state index contributed by atoms with van der Waals surface area (Å²) in [4.78, 5) is 24.9. The van der Waals surface area contributed by atoms with E-state index in [1.807, 2.05) is 36.4 Å². The van der Waals surface area contributed by atoms with Crippen LogP contribution < -0.4 is 5.32 Å². The summed E-state index contributed by atoms with van der Waals surface area (Å²) in [6.45, 7) is 5.98. The lowest BCUT2D eigenvalue weighted by molar-refractivity contribution is -0.134. The number of hydrogen-bond donors (Lipinski definition) is 1. The van der Waals surface area contributed by atoms with Crippen molar-refractivity contribution in [3.63, 3.8) is 0 Å². The SMILES string of the molecule is CC[C@@H](C)c1ccc(NC(=O)[C@]2(C)Cc3ccccc3C(=O)O2)cc1. The highest BCUT2D eigenvalue weighted by Gasteiger charge is 2.42. The van der Waals surface area contributed by atoms with Crippen LogP contribution in [0.15, 0.2) is 48.5 Å². The predicted molar refractivity (Wildman–Crippen MR) is 97.7 cm³/mol. The van der Waals surface area contributed by atoms with E-state index in [1.165, 1.54) is 5.56 Å². The molecule has 0 saturated carbocycles. The molecule has 1 amide bonds. The van der Waals surface area contributed by atoms with Gasteiger partial charge in [0, 0.05) is 12.1 Å². The van der Waals surface area contributed by atoms with Gasteiger partial charge in [0.1, 0.15) is 0 Å². The number of carbonyl (C=O) groups is 2. The Bertz CT molecular complexity index is 797. The molecule has 130 valence electrons. The van der Waals surface area contributed by atoms with Crippen LogP contribution in [0.2, 0.25) is 0 Å². The lowest BCUT2D eigenvalue weighted by atomic mass is 9.89. The molecule has 0 spiro atoms. The number of anilines is 1. The molecule has 2 atom stereocenters. The van der Waals surface area contributed by atoms with Crippen LogP contribution in [0.25, 0.3) is 0 Å². The Balaban J connectivity index is 1.76. The summed E-state index contributed by atoms with van der Waals surface area (Å²) in [7, 11) is 0. The third-order valence-electron chi connectivity index (χ3n) is 4.91. The van der Waals surface area contributed by atoms with Crippen molar-refractivity contribution in [2.24, 2.45) is 0 Å². The van der Waals surface area contributed by atoms with Gasteiger partial charge in [-0.3, -0.25) is 4.79 Å². The van der Waals surface area contributed by atoms with E-state index in [9.17, 15) is 9.59 Å². The molecular formula is C21H23NO3. The average molecular weight is 337 g/mol. The van der Waals surface area contributed by atoms with E-state index in [2.05, 4.69) is 19.2 Å². The van der Waals surface area contributed by atoms with Crippen LogP contribution in [-0.4, -0.2) is 17.5 Å². The minimum absolute atomic E-state index is 0.313. The zero-order chi connectivity index (χ0) is 18.0. The molecular weight excluding hydrogens is 314 g/mol. The molecule has 0 bridgehead atoms. The summed E-state index contributed by atoms with van der Waals surface area (Å²) < 4.78 is 5.46. The minimum atomic E-state index is -1.21. The molecule has 0 aromatic heterocycles. The van der Waals surface area contributed by atoms with Gasteiger partial charge in [-0.05, 0) is 48.6 Å². The van der Waals surface area contributed by atoms with Crippen molar-refractivity contribution >= 4 is 17.6 Å². The molecule has 0 aliphatic carbocycles. The molecule has 1 heterocycles. The number of nitrogens with one attached hydrogen (secondary N) is 1. The molecule has 1 N–H and O–H groups in total. The van der Waals surface area contributed by atoms with Crippen molar-refractivity contribution in [1.29, 1.82) is 0 Å². The maximum atomic E-state index is 12.7. The molecule has 2 aromatic rings. The van der Waals surface area contributed by atoms with Gasteiger partial charge in [-0.1, -0.05) is 44.2 Å². The van der Waals surface area contributed by atoms with E-state index < -0.39 is 11.6 Å². The second-order valence-electron chi connectivity index (χ2n) is 6.84. The molecule has 1 aliphatic heterocycles. The summed E-state index contributed by atoms with van der Waals surface area (Å²) in [5, 5.41) is 2.87. The van der Waals surface area contributed by atoms with Gasteiger partial charge >= 0.3 is 5.97 Å². The lowest BCUT2D eigenvalue weighted by Gasteiger charge is -2.33. The smallest absolute Gasteiger partial charge is 0.339 e. The second-order valence-corrected chi connectivity index (χ2v) is 6.84. The van der Waals surface area contributed by atoms with Crippen molar-refractivity contribution in [3.05, 3.63) is 65.2 Å². The maximum Gasteiger partial charge on any atom is 0.339 e. The first-order chi connectivity index (χ1) is 11.9. The fraction of sp³-hybridized carbons (Fsp3) is 0.333. The molecule has 4 nitrogen and oxygen atoms in total. The Kier molecular flexibility index (Phi) is 4.62. The predicted octanol–water partition coefficient (Wildman–Crippen LogP) is 4.31. The van der Waals surface area contributed by atoms with E-state index in [-0.39, 0.29) is 5.91 Å². The Labute approximate surface area is 148 Å². The summed E-state index contributed by atoms with van der Waals surface area (Å²) in [5.41, 5.74) is 2.10. The van der Waals surface area contributed by atoms with E-state index in [1.54, 1.807) is 19.1 Å². The van der Waals surface area contributed by atoms with Crippen molar-refractivity contribution in [2.45, 2.75) is 45.1 Å². The molecule has 2 aromatic carbocycles. The normalized spacial score (nSPS) is 20.4. The molecule has 25 heavy (non-hydrogen) atoms. The van der Waals surface area contributed by atoms with Gasteiger partial charge in [-0.15, -0.1) is 0 Å². The second kappa shape index (κ2) is 6.71. The van der Waals surface area contributed by atoms with E-state index in [0.717, 1.165) is 12.0 Å². The number of rotatable bonds is 4. The van der Waals surface area contributed by atoms with Crippen molar-refractivity contribution in [2.75, 3.05) is 5.32 Å². The highest BCUT2D eigenvalue weighted by Crippen LogP contribution is 2.29. The number of esters is 1. The Hall–Kier alpha value is -2.62. The zero-order valence-corrected chi connectivity index (χ0v) is 14.8. The van der Waals surface area contributed by atoms with Crippen LogP contribution >= 0.6 is 0 Å².